The van der Waals surface area contributed by atoms with Crippen molar-refractivity contribution in [1.82, 2.24) is 15.5 Å². The Balaban J connectivity index is 1.51. The van der Waals surface area contributed by atoms with Crippen LogP contribution in [-0.2, 0) is 13.0 Å². The van der Waals surface area contributed by atoms with Crippen molar-refractivity contribution in [3.63, 3.8) is 0 Å². The van der Waals surface area contributed by atoms with Gasteiger partial charge >= 0.3 is 0 Å². The molecule has 1 N–H and O–H groups in total. The van der Waals surface area contributed by atoms with Crippen LogP contribution in [0.15, 0.2) is 36.5 Å². The number of nitrogens with zero attached hydrogens (tertiary/aromatic N) is 2. The van der Waals surface area contributed by atoms with E-state index in [0.29, 0.717) is 0 Å². The first-order valence-corrected chi connectivity index (χ1v) is 6.55. The number of hydrogen-bond acceptors (Lipinski definition) is 4. The summed E-state index contributed by atoms with van der Waals surface area (Å²) in [6.45, 7) is 3.66. The van der Waals surface area contributed by atoms with Crippen LogP contribution in [0.4, 0.5) is 0 Å². The highest BCUT2D eigenvalue weighted by molar-refractivity contribution is 5.40. The number of fused-ring (bicyclic) bond motifs is 1. The van der Waals surface area contributed by atoms with E-state index in [1.54, 1.807) is 6.20 Å². The topological polar surface area (TPSA) is 47.0 Å². The number of rotatable bonds is 4. The third kappa shape index (κ3) is 2.90. The Morgan fingerprint density at radius 2 is 2.32 bits per heavy atom. The summed E-state index contributed by atoms with van der Waals surface area (Å²) in [4.78, 5) is 0. The first kappa shape index (κ1) is 12.1. The third-order valence-electron chi connectivity index (χ3n) is 3.26. The van der Waals surface area contributed by atoms with Gasteiger partial charge in [0.2, 0.25) is 0 Å². The normalized spacial score (nSPS) is 17.0. The Morgan fingerprint density at radius 3 is 3.16 bits per heavy atom. The molecule has 0 saturated heterocycles. The van der Waals surface area contributed by atoms with Crippen molar-refractivity contribution in [2.75, 3.05) is 6.54 Å². The van der Waals surface area contributed by atoms with Gasteiger partial charge in [0.1, 0.15) is 11.9 Å². The highest BCUT2D eigenvalue weighted by Gasteiger charge is 2.22. The Bertz CT molecular complexity index is 557. The molecule has 2 aromatic rings. The van der Waals surface area contributed by atoms with E-state index >= 15 is 0 Å². The van der Waals surface area contributed by atoms with Crippen LogP contribution in [0.5, 0.6) is 5.75 Å². The summed E-state index contributed by atoms with van der Waals surface area (Å²) in [6, 6.07) is 10.2. The molecular weight excluding hydrogens is 238 g/mol. The molecule has 1 unspecified atom stereocenters. The van der Waals surface area contributed by atoms with Gasteiger partial charge in [-0.25, -0.2) is 0 Å². The molecule has 1 aliphatic rings. The second kappa shape index (κ2) is 5.36. The molecule has 0 aliphatic carbocycles. The van der Waals surface area contributed by atoms with Crippen LogP contribution in [0, 0.1) is 6.92 Å². The summed E-state index contributed by atoms with van der Waals surface area (Å²) < 4.78 is 5.90. The van der Waals surface area contributed by atoms with E-state index in [0.717, 1.165) is 31.0 Å². The van der Waals surface area contributed by atoms with Crippen molar-refractivity contribution in [1.29, 1.82) is 0 Å². The molecule has 1 aromatic heterocycles. The zero-order valence-electron chi connectivity index (χ0n) is 11.0. The lowest BCUT2D eigenvalue weighted by atomic mass is 10.1. The largest absolute Gasteiger partial charge is 0.488 e. The summed E-state index contributed by atoms with van der Waals surface area (Å²) in [5.41, 5.74) is 3.55. The summed E-state index contributed by atoms with van der Waals surface area (Å²) in [7, 11) is 0. The van der Waals surface area contributed by atoms with Gasteiger partial charge in [-0.3, -0.25) is 0 Å². The predicted molar refractivity (Wildman–Crippen MR) is 73.0 cm³/mol. The van der Waals surface area contributed by atoms with Crippen molar-refractivity contribution >= 4 is 0 Å². The molecule has 0 radical (unpaired) electrons. The first-order valence-electron chi connectivity index (χ1n) is 6.55. The number of ether oxygens (including phenoxy) is 1. The van der Waals surface area contributed by atoms with Crippen molar-refractivity contribution in [2.45, 2.75) is 26.0 Å². The maximum absolute atomic E-state index is 5.90. The monoisotopic (exact) mass is 255 g/mol. The number of aromatic nitrogens is 2. The summed E-state index contributed by atoms with van der Waals surface area (Å²) in [6.07, 6.45) is 2.88. The molecule has 0 amide bonds. The standard InChI is InChI=1S/C15H17N3O/c1-11-4-5-15-12(7-11)8-14(19-15)10-16-9-13-3-2-6-17-18-13/h2-7,14,16H,8-10H2,1H3. The van der Waals surface area contributed by atoms with E-state index in [9.17, 15) is 0 Å². The van der Waals surface area contributed by atoms with E-state index in [4.69, 9.17) is 4.74 Å². The zero-order valence-corrected chi connectivity index (χ0v) is 11.0. The van der Waals surface area contributed by atoms with Crippen LogP contribution in [0.3, 0.4) is 0 Å². The van der Waals surface area contributed by atoms with Gasteiger partial charge in [-0.15, -0.1) is 0 Å². The third-order valence-corrected chi connectivity index (χ3v) is 3.26. The number of nitrogens with one attached hydrogen (secondary N) is 1. The SMILES string of the molecule is Cc1ccc2c(c1)CC(CNCc1cccnn1)O2. The maximum Gasteiger partial charge on any atom is 0.123 e. The molecule has 0 saturated carbocycles. The molecule has 2 heterocycles. The molecule has 0 spiro atoms. The number of aryl methyl sites for hydroxylation is 1. The van der Waals surface area contributed by atoms with Crippen molar-refractivity contribution in [3.8, 4) is 5.75 Å². The quantitative estimate of drug-likeness (QED) is 0.906. The van der Waals surface area contributed by atoms with E-state index in [-0.39, 0.29) is 6.10 Å². The van der Waals surface area contributed by atoms with Crippen LogP contribution in [-0.4, -0.2) is 22.8 Å². The Labute approximate surface area is 112 Å². The van der Waals surface area contributed by atoms with E-state index in [2.05, 4.69) is 40.6 Å². The molecule has 4 heteroatoms. The van der Waals surface area contributed by atoms with Crippen LogP contribution < -0.4 is 10.1 Å². The van der Waals surface area contributed by atoms with Gasteiger partial charge in [0.25, 0.3) is 0 Å². The lowest BCUT2D eigenvalue weighted by Crippen LogP contribution is -2.30. The summed E-state index contributed by atoms with van der Waals surface area (Å²) >= 11 is 0. The summed E-state index contributed by atoms with van der Waals surface area (Å²) in [5.74, 6) is 1.02. The maximum atomic E-state index is 5.90. The van der Waals surface area contributed by atoms with Gasteiger partial charge in [0.15, 0.2) is 0 Å². The highest BCUT2D eigenvalue weighted by atomic mass is 16.5. The van der Waals surface area contributed by atoms with Crippen molar-refractivity contribution in [2.24, 2.45) is 0 Å². The van der Waals surface area contributed by atoms with Crippen molar-refractivity contribution < 1.29 is 4.74 Å². The summed E-state index contributed by atoms with van der Waals surface area (Å²) in [5, 5.41) is 11.3. The Hall–Kier alpha value is -1.94. The second-order valence-corrected chi connectivity index (χ2v) is 4.90. The fourth-order valence-electron chi connectivity index (χ4n) is 2.35. The van der Waals surface area contributed by atoms with Crippen LogP contribution >= 0.6 is 0 Å². The average molecular weight is 255 g/mol. The molecular formula is C15H17N3O. The molecule has 3 rings (SSSR count). The number of hydrogen-bond donors (Lipinski definition) is 1. The van der Waals surface area contributed by atoms with E-state index in [1.807, 2.05) is 12.1 Å². The van der Waals surface area contributed by atoms with E-state index < -0.39 is 0 Å². The predicted octanol–water partition coefficient (Wildman–Crippen LogP) is 1.88. The van der Waals surface area contributed by atoms with Gasteiger partial charge < -0.3 is 10.1 Å². The van der Waals surface area contributed by atoms with Gasteiger partial charge in [-0.05, 0) is 30.7 Å². The first-order chi connectivity index (χ1) is 9.31. The highest BCUT2D eigenvalue weighted by Crippen LogP contribution is 2.29. The molecule has 19 heavy (non-hydrogen) atoms. The lowest BCUT2D eigenvalue weighted by molar-refractivity contribution is 0.227. The zero-order chi connectivity index (χ0) is 13.1. The minimum Gasteiger partial charge on any atom is -0.488 e. The molecule has 0 fully saturated rings. The molecule has 98 valence electrons. The Kier molecular flexibility index (Phi) is 3.42. The second-order valence-electron chi connectivity index (χ2n) is 4.90. The van der Waals surface area contributed by atoms with Crippen molar-refractivity contribution in [3.05, 3.63) is 53.3 Å². The van der Waals surface area contributed by atoms with Crippen LogP contribution in [0.2, 0.25) is 0 Å². The van der Waals surface area contributed by atoms with Gasteiger partial charge in [-0.2, -0.15) is 10.2 Å². The van der Waals surface area contributed by atoms with Gasteiger partial charge in [0, 0.05) is 25.7 Å². The van der Waals surface area contributed by atoms with Crippen LogP contribution in [0.25, 0.3) is 0 Å². The fourth-order valence-corrected chi connectivity index (χ4v) is 2.35. The minimum absolute atomic E-state index is 0.216. The minimum atomic E-state index is 0.216. The molecule has 0 bridgehead atoms. The number of benzene rings is 1. The lowest BCUT2D eigenvalue weighted by Gasteiger charge is -2.11. The van der Waals surface area contributed by atoms with Gasteiger partial charge in [0.05, 0.1) is 5.69 Å². The van der Waals surface area contributed by atoms with E-state index in [1.165, 1.54) is 11.1 Å². The molecule has 1 aromatic carbocycles. The fraction of sp³-hybridized carbons (Fsp3) is 0.333. The molecule has 4 nitrogen and oxygen atoms in total. The van der Waals surface area contributed by atoms with Gasteiger partial charge in [-0.1, -0.05) is 17.7 Å². The average Bonchev–Trinajstić information content (AvgIpc) is 2.82. The van der Waals surface area contributed by atoms with Crippen LogP contribution in [0.1, 0.15) is 16.8 Å². The molecule has 1 atom stereocenters. The smallest absolute Gasteiger partial charge is 0.123 e. The Morgan fingerprint density at radius 1 is 1.37 bits per heavy atom. The molecule has 1 aliphatic heterocycles.